The number of nitrogens with zero attached hydrogens (tertiary/aromatic N) is 2. The molecule has 0 unspecified atom stereocenters. The highest BCUT2D eigenvalue weighted by Crippen LogP contribution is 2.34. The Morgan fingerprint density at radius 1 is 1.34 bits per heavy atom. The highest BCUT2D eigenvalue weighted by atomic mass is 35.5. The number of nitro benzene ring substituents is 1. The van der Waals surface area contributed by atoms with Gasteiger partial charge >= 0.3 is 6.18 Å². The lowest BCUT2D eigenvalue weighted by atomic mass is 10.1. The van der Waals surface area contributed by atoms with Gasteiger partial charge < -0.3 is 14.8 Å². The van der Waals surface area contributed by atoms with Crippen LogP contribution in [0.4, 0.5) is 18.9 Å². The lowest BCUT2D eigenvalue weighted by Crippen LogP contribution is -2.20. The molecule has 29 heavy (non-hydrogen) atoms. The Labute approximate surface area is 172 Å². The van der Waals surface area contributed by atoms with E-state index in [9.17, 15) is 23.3 Å². The van der Waals surface area contributed by atoms with Gasteiger partial charge in [0, 0.05) is 48.3 Å². The third-order valence-corrected chi connectivity index (χ3v) is 5.36. The van der Waals surface area contributed by atoms with Gasteiger partial charge in [-0.25, -0.2) is 4.98 Å². The molecule has 2 aromatic rings. The van der Waals surface area contributed by atoms with Crippen LogP contribution in [-0.2, 0) is 24.1 Å². The molecule has 0 spiro atoms. The zero-order valence-corrected chi connectivity index (χ0v) is 16.4. The van der Waals surface area contributed by atoms with Crippen LogP contribution in [0.5, 0.6) is 5.75 Å². The second kappa shape index (κ2) is 9.16. The van der Waals surface area contributed by atoms with Gasteiger partial charge in [0.25, 0.3) is 5.69 Å². The molecular formula is C17H15ClF3N3O4S. The summed E-state index contributed by atoms with van der Waals surface area (Å²) in [5, 5.41) is 14.5. The number of nitro groups is 1. The summed E-state index contributed by atoms with van der Waals surface area (Å²) in [4.78, 5) is 14.4. The molecule has 0 bridgehead atoms. The third kappa shape index (κ3) is 5.50. The molecule has 1 aromatic carbocycles. The van der Waals surface area contributed by atoms with Gasteiger partial charge in [0.15, 0.2) is 6.79 Å². The van der Waals surface area contributed by atoms with E-state index < -0.39 is 16.7 Å². The molecule has 0 saturated heterocycles. The Hall–Kier alpha value is -2.08. The van der Waals surface area contributed by atoms with Crippen LogP contribution >= 0.6 is 23.4 Å². The maximum absolute atomic E-state index is 12.6. The number of rotatable bonds is 7. The number of hydrogen-bond acceptors (Lipinski definition) is 7. The molecule has 0 aliphatic carbocycles. The van der Waals surface area contributed by atoms with E-state index in [-0.39, 0.29) is 24.1 Å². The lowest BCUT2D eigenvalue weighted by molar-refractivity contribution is -0.385. The fraction of sp³-hybridized carbons (Fsp3) is 0.353. The van der Waals surface area contributed by atoms with Gasteiger partial charge in [-0.15, -0.1) is 11.8 Å². The lowest BCUT2D eigenvalue weighted by Gasteiger charge is -2.20. The van der Waals surface area contributed by atoms with Crippen molar-refractivity contribution in [3.63, 3.8) is 0 Å². The number of pyridine rings is 1. The van der Waals surface area contributed by atoms with E-state index in [1.54, 1.807) is 0 Å². The first kappa shape index (κ1) is 21.6. The number of benzene rings is 1. The van der Waals surface area contributed by atoms with E-state index in [0.717, 1.165) is 12.3 Å². The van der Waals surface area contributed by atoms with Crippen LogP contribution in [0.1, 0.15) is 16.7 Å². The minimum Gasteiger partial charge on any atom is -0.467 e. The quantitative estimate of drug-likeness (QED) is 0.290. The predicted molar refractivity (Wildman–Crippen MR) is 100 cm³/mol. The molecule has 3 rings (SSSR count). The summed E-state index contributed by atoms with van der Waals surface area (Å²) in [6.45, 7) is 1.10. The third-order valence-electron chi connectivity index (χ3n) is 3.95. The smallest absolute Gasteiger partial charge is 0.417 e. The Morgan fingerprint density at radius 3 is 2.83 bits per heavy atom. The first-order valence-electron chi connectivity index (χ1n) is 8.32. The second-order valence-corrected chi connectivity index (χ2v) is 7.49. The van der Waals surface area contributed by atoms with E-state index in [4.69, 9.17) is 21.1 Å². The number of halogens is 4. The summed E-state index contributed by atoms with van der Waals surface area (Å²) < 4.78 is 48.5. The van der Waals surface area contributed by atoms with Crippen molar-refractivity contribution in [3.8, 4) is 5.75 Å². The molecule has 1 N–H and O–H groups in total. The van der Waals surface area contributed by atoms with E-state index in [1.807, 2.05) is 0 Å². The van der Waals surface area contributed by atoms with Crippen molar-refractivity contribution in [1.29, 1.82) is 0 Å². The molecule has 12 heteroatoms. The van der Waals surface area contributed by atoms with E-state index in [0.29, 0.717) is 40.7 Å². The number of aromatic nitrogens is 1. The summed E-state index contributed by atoms with van der Waals surface area (Å²) in [5.74, 6) is 1.05. The summed E-state index contributed by atoms with van der Waals surface area (Å²) in [6.07, 6.45) is -3.75. The van der Waals surface area contributed by atoms with Crippen LogP contribution < -0.4 is 10.1 Å². The zero-order valence-electron chi connectivity index (χ0n) is 14.8. The number of alkyl halides is 3. The molecule has 156 valence electrons. The van der Waals surface area contributed by atoms with Gasteiger partial charge in [0.1, 0.15) is 10.8 Å². The molecule has 7 nitrogen and oxygen atoms in total. The SMILES string of the molecule is O=[N+]([O-])c1cc(CNCCSc2ncc(C(F)(F)F)cc2Cl)c2c(c1)COCO2. The average molecular weight is 450 g/mol. The van der Waals surface area contributed by atoms with Crippen molar-refractivity contribution in [2.24, 2.45) is 0 Å². The fourth-order valence-electron chi connectivity index (χ4n) is 2.65. The summed E-state index contributed by atoms with van der Waals surface area (Å²) in [5.41, 5.74) is 0.291. The van der Waals surface area contributed by atoms with Gasteiger partial charge in [-0.3, -0.25) is 10.1 Å². The topological polar surface area (TPSA) is 86.5 Å². The number of ether oxygens (including phenoxy) is 2. The Balaban J connectivity index is 1.56. The number of non-ortho nitro benzene ring substituents is 1. The average Bonchev–Trinajstić information content (AvgIpc) is 2.67. The maximum Gasteiger partial charge on any atom is 0.417 e. The Morgan fingerprint density at radius 2 is 2.14 bits per heavy atom. The molecular weight excluding hydrogens is 435 g/mol. The van der Waals surface area contributed by atoms with Gasteiger partial charge in [0.2, 0.25) is 0 Å². The highest BCUT2D eigenvalue weighted by Gasteiger charge is 2.31. The minimum absolute atomic E-state index is 0.0511. The van der Waals surface area contributed by atoms with Crippen molar-refractivity contribution < 1.29 is 27.6 Å². The monoisotopic (exact) mass is 449 g/mol. The molecule has 1 aliphatic rings. The van der Waals surface area contributed by atoms with Crippen molar-refractivity contribution in [2.45, 2.75) is 24.4 Å². The van der Waals surface area contributed by atoms with E-state index in [1.165, 1.54) is 23.9 Å². The molecule has 0 saturated carbocycles. The summed E-state index contributed by atoms with van der Waals surface area (Å²) >= 11 is 7.08. The van der Waals surface area contributed by atoms with E-state index in [2.05, 4.69) is 10.3 Å². The molecule has 0 atom stereocenters. The van der Waals surface area contributed by atoms with Gasteiger partial charge in [0.05, 0.1) is 22.1 Å². The van der Waals surface area contributed by atoms with Crippen molar-refractivity contribution in [1.82, 2.24) is 10.3 Å². The Kier molecular flexibility index (Phi) is 6.83. The van der Waals surface area contributed by atoms with Gasteiger partial charge in [-0.05, 0) is 6.07 Å². The molecule has 1 aliphatic heterocycles. The molecule has 1 aromatic heterocycles. The zero-order chi connectivity index (χ0) is 21.0. The summed E-state index contributed by atoms with van der Waals surface area (Å²) in [6, 6.07) is 3.71. The normalized spacial score (nSPS) is 13.7. The number of hydrogen-bond donors (Lipinski definition) is 1. The van der Waals surface area contributed by atoms with Crippen molar-refractivity contribution in [3.05, 3.63) is 56.2 Å². The van der Waals surface area contributed by atoms with Crippen LogP contribution in [0.15, 0.2) is 29.4 Å². The number of nitrogens with one attached hydrogen (secondary N) is 1. The van der Waals surface area contributed by atoms with Gasteiger partial charge in [-0.2, -0.15) is 13.2 Å². The number of fused-ring (bicyclic) bond motifs is 1. The Bertz CT molecular complexity index is 914. The second-order valence-electron chi connectivity index (χ2n) is 5.99. The molecule has 0 fully saturated rings. The standard InChI is InChI=1S/C17H15ClF3N3O4S/c18-14-5-12(17(19,20)21)7-23-16(14)29-2-1-22-6-10-3-13(24(25)26)4-11-8-27-9-28-15(10)11/h3-5,7,22H,1-2,6,8-9H2. The van der Waals surface area contributed by atoms with Crippen LogP contribution in [0, 0.1) is 10.1 Å². The van der Waals surface area contributed by atoms with E-state index >= 15 is 0 Å². The highest BCUT2D eigenvalue weighted by molar-refractivity contribution is 7.99. The largest absolute Gasteiger partial charge is 0.467 e. The molecule has 0 radical (unpaired) electrons. The van der Waals surface area contributed by atoms with Crippen molar-refractivity contribution in [2.75, 3.05) is 19.1 Å². The number of thioether (sulfide) groups is 1. The molecule has 0 amide bonds. The predicted octanol–water partition coefficient (Wildman–Crippen LogP) is 4.41. The van der Waals surface area contributed by atoms with Crippen LogP contribution in [0.2, 0.25) is 5.02 Å². The van der Waals surface area contributed by atoms with Crippen LogP contribution in [0.3, 0.4) is 0 Å². The first-order valence-corrected chi connectivity index (χ1v) is 9.69. The molecule has 2 heterocycles. The van der Waals surface area contributed by atoms with Crippen molar-refractivity contribution >= 4 is 29.1 Å². The van der Waals surface area contributed by atoms with Gasteiger partial charge in [-0.1, -0.05) is 11.6 Å². The first-order chi connectivity index (χ1) is 13.8. The van der Waals surface area contributed by atoms with Crippen LogP contribution in [0.25, 0.3) is 0 Å². The summed E-state index contributed by atoms with van der Waals surface area (Å²) in [7, 11) is 0. The minimum atomic E-state index is -4.49. The maximum atomic E-state index is 12.6. The fourth-order valence-corrected chi connectivity index (χ4v) is 3.74. The van der Waals surface area contributed by atoms with Crippen LogP contribution in [-0.4, -0.2) is 29.0 Å².